The summed E-state index contributed by atoms with van der Waals surface area (Å²) < 4.78 is 1.97. The van der Waals surface area contributed by atoms with Gasteiger partial charge < -0.3 is 4.57 Å². The molecular weight excluding hydrogens is 206 g/mol. The highest BCUT2D eigenvalue weighted by Gasteiger charge is 1.83. The second-order valence-corrected chi connectivity index (χ2v) is 3.85. The summed E-state index contributed by atoms with van der Waals surface area (Å²) in [6.07, 6.45) is 5.47. The molecular formula is C11H19N3S. The third-order valence-corrected chi connectivity index (χ3v) is 2.32. The molecule has 0 aliphatic carbocycles. The van der Waals surface area contributed by atoms with E-state index in [0.29, 0.717) is 0 Å². The molecule has 3 nitrogen and oxygen atoms in total. The number of rotatable bonds is 0. The molecule has 2 aromatic heterocycles. The van der Waals surface area contributed by atoms with Crippen molar-refractivity contribution in [3.8, 4) is 0 Å². The molecule has 0 N–H and O–H groups in total. The summed E-state index contributed by atoms with van der Waals surface area (Å²) in [6.45, 7) is 8.06. The number of hydrogen-bond acceptors (Lipinski definition) is 3. The Morgan fingerprint density at radius 3 is 1.93 bits per heavy atom. The summed E-state index contributed by atoms with van der Waals surface area (Å²) >= 11 is 1.67. The van der Waals surface area contributed by atoms with Gasteiger partial charge >= 0.3 is 0 Å². The predicted molar refractivity (Wildman–Crippen MR) is 66.1 cm³/mol. The molecule has 2 aromatic rings. The van der Waals surface area contributed by atoms with Crippen molar-refractivity contribution in [3.05, 3.63) is 34.8 Å². The van der Waals surface area contributed by atoms with Crippen LogP contribution >= 0.6 is 11.3 Å². The van der Waals surface area contributed by atoms with Crippen LogP contribution < -0.4 is 0 Å². The van der Waals surface area contributed by atoms with Gasteiger partial charge in [0.25, 0.3) is 0 Å². The molecule has 0 spiro atoms. The lowest BCUT2D eigenvalue weighted by Crippen LogP contribution is -1.84. The minimum absolute atomic E-state index is 1.19. The Labute approximate surface area is 95.8 Å². The molecule has 84 valence electrons. The molecule has 0 saturated heterocycles. The van der Waals surface area contributed by atoms with Gasteiger partial charge in [0.1, 0.15) is 0 Å². The molecule has 0 aliphatic heterocycles. The van der Waals surface area contributed by atoms with E-state index in [2.05, 4.69) is 9.97 Å². The first kappa shape index (κ1) is 13.8. The fourth-order valence-electron chi connectivity index (χ4n) is 0.703. The number of nitrogens with zero attached hydrogens (tertiary/aromatic N) is 3. The minimum Gasteiger partial charge on any atom is -0.338 e. The van der Waals surface area contributed by atoms with E-state index in [1.54, 1.807) is 17.7 Å². The van der Waals surface area contributed by atoms with Gasteiger partial charge in [-0.2, -0.15) is 0 Å². The quantitative estimate of drug-likeness (QED) is 0.689. The molecule has 0 fully saturated rings. The summed E-state index contributed by atoms with van der Waals surface area (Å²) in [5.41, 5.74) is 3.02. The second-order valence-electron chi connectivity index (χ2n) is 2.76. The summed E-state index contributed by atoms with van der Waals surface area (Å²) in [5.74, 6) is 0. The zero-order valence-corrected chi connectivity index (χ0v) is 10.9. The van der Waals surface area contributed by atoms with Crippen molar-refractivity contribution in [1.29, 1.82) is 0 Å². The Kier molecular flexibility index (Phi) is 7.54. The van der Waals surface area contributed by atoms with Crippen molar-refractivity contribution >= 4 is 11.3 Å². The Morgan fingerprint density at radius 2 is 1.80 bits per heavy atom. The lowest BCUT2D eigenvalue weighted by atomic mass is 10.5. The van der Waals surface area contributed by atoms with Gasteiger partial charge in [-0.05, 0) is 13.8 Å². The highest BCUT2D eigenvalue weighted by atomic mass is 32.1. The molecule has 0 atom stereocenters. The Morgan fingerprint density at radius 1 is 1.13 bits per heavy atom. The maximum absolute atomic E-state index is 3.88. The number of imidazole rings is 1. The predicted octanol–water partition coefficient (Wildman–Crippen LogP) is 3.21. The maximum atomic E-state index is 3.88. The molecule has 2 rings (SSSR count). The van der Waals surface area contributed by atoms with E-state index < -0.39 is 0 Å². The van der Waals surface area contributed by atoms with E-state index in [1.807, 2.05) is 57.2 Å². The van der Waals surface area contributed by atoms with E-state index >= 15 is 0 Å². The van der Waals surface area contributed by atoms with Crippen LogP contribution in [0.15, 0.2) is 24.2 Å². The van der Waals surface area contributed by atoms with E-state index in [-0.39, 0.29) is 0 Å². The summed E-state index contributed by atoms with van der Waals surface area (Å²) in [7, 11) is 1.97. The topological polar surface area (TPSA) is 30.7 Å². The minimum atomic E-state index is 1.19. The van der Waals surface area contributed by atoms with Crippen LogP contribution in [0.5, 0.6) is 0 Å². The fourth-order valence-corrected chi connectivity index (χ4v) is 1.11. The van der Waals surface area contributed by atoms with Gasteiger partial charge in [0, 0.05) is 30.0 Å². The SMILES string of the molecule is CC.Cc1cncn1C.Cc1cncs1. The van der Waals surface area contributed by atoms with Crippen LogP contribution in [-0.2, 0) is 7.05 Å². The smallest absolute Gasteiger partial charge is 0.0945 e. The molecule has 0 radical (unpaired) electrons. The first-order valence-electron chi connectivity index (χ1n) is 4.98. The normalized spacial score (nSPS) is 8.33. The third kappa shape index (κ3) is 6.01. The molecule has 0 aliphatic rings. The van der Waals surface area contributed by atoms with Crippen molar-refractivity contribution in [2.45, 2.75) is 27.7 Å². The summed E-state index contributed by atoms with van der Waals surface area (Å²) in [5, 5.41) is 0. The zero-order chi connectivity index (χ0) is 11.7. The van der Waals surface area contributed by atoms with Crippen LogP contribution in [0.25, 0.3) is 0 Å². The lowest BCUT2D eigenvalue weighted by molar-refractivity contribution is 0.873. The molecule has 2 heterocycles. The third-order valence-electron chi connectivity index (χ3n) is 1.61. The van der Waals surface area contributed by atoms with Crippen LogP contribution in [0.4, 0.5) is 0 Å². The Hall–Kier alpha value is -1.16. The molecule has 15 heavy (non-hydrogen) atoms. The lowest BCUT2D eigenvalue weighted by Gasteiger charge is -1.87. The number of aryl methyl sites for hydroxylation is 3. The Bertz CT molecular complexity index is 322. The highest BCUT2D eigenvalue weighted by Crippen LogP contribution is 1.99. The molecule has 0 amide bonds. The van der Waals surface area contributed by atoms with Gasteiger partial charge in [0.2, 0.25) is 0 Å². The van der Waals surface area contributed by atoms with Crippen molar-refractivity contribution in [1.82, 2.24) is 14.5 Å². The van der Waals surface area contributed by atoms with Crippen molar-refractivity contribution in [2.75, 3.05) is 0 Å². The van der Waals surface area contributed by atoms with E-state index in [0.717, 1.165) is 0 Å². The average Bonchev–Trinajstić information content (AvgIpc) is 2.84. The number of thiazole rings is 1. The van der Waals surface area contributed by atoms with Crippen LogP contribution in [0.2, 0.25) is 0 Å². The number of aromatic nitrogens is 3. The Balaban J connectivity index is 0.000000227. The molecule has 0 bridgehead atoms. The monoisotopic (exact) mass is 225 g/mol. The van der Waals surface area contributed by atoms with Gasteiger partial charge in [-0.25, -0.2) is 4.98 Å². The summed E-state index contributed by atoms with van der Waals surface area (Å²) in [4.78, 5) is 9.00. The van der Waals surface area contributed by atoms with E-state index in [9.17, 15) is 0 Å². The van der Waals surface area contributed by atoms with Crippen LogP contribution in [0.1, 0.15) is 24.4 Å². The van der Waals surface area contributed by atoms with Crippen LogP contribution in [0.3, 0.4) is 0 Å². The van der Waals surface area contributed by atoms with Gasteiger partial charge in [-0.15, -0.1) is 11.3 Å². The standard InChI is InChI=1S/C5H8N2.C4H5NS.C2H6/c1-5-3-6-4-7(5)2;1-4-2-5-3-6-4;1-2/h3-4H,1-2H3;2-3H,1H3;1-2H3. The zero-order valence-electron chi connectivity index (χ0n) is 10.1. The fraction of sp³-hybridized carbons (Fsp3) is 0.455. The molecule has 0 saturated carbocycles. The van der Waals surface area contributed by atoms with Crippen LogP contribution in [-0.4, -0.2) is 14.5 Å². The first-order chi connectivity index (χ1) is 7.20. The van der Waals surface area contributed by atoms with E-state index in [4.69, 9.17) is 0 Å². The highest BCUT2D eigenvalue weighted by molar-refractivity contribution is 7.09. The van der Waals surface area contributed by atoms with Gasteiger partial charge in [-0.1, -0.05) is 13.8 Å². The van der Waals surface area contributed by atoms with Crippen LogP contribution in [0, 0.1) is 13.8 Å². The first-order valence-corrected chi connectivity index (χ1v) is 5.86. The second kappa shape index (κ2) is 8.17. The van der Waals surface area contributed by atoms with Crippen molar-refractivity contribution in [2.24, 2.45) is 7.05 Å². The summed E-state index contributed by atoms with van der Waals surface area (Å²) in [6, 6.07) is 0. The van der Waals surface area contributed by atoms with E-state index in [1.165, 1.54) is 10.6 Å². The van der Waals surface area contributed by atoms with Gasteiger partial charge in [0.05, 0.1) is 11.8 Å². The van der Waals surface area contributed by atoms with Gasteiger partial charge in [-0.3, -0.25) is 4.98 Å². The molecule has 0 unspecified atom stereocenters. The van der Waals surface area contributed by atoms with Gasteiger partial charge in [0.15, 0.2) is 0 Å². The molecule has 4 heteroatoms. The molecule has 0 aromatic carbocycles. The van der Waals surface area contributed by atoms with Crippen molar-refractivity contribution in [3.63, 3.8) is 0 Å². The maximum Gasteiger partial charge on any atom is 0.0945 e. The van der Waals surface area contributed by atoms with Crippen molar-refractivity contribution < 1.29 is 0 Å². The number of hydrogen-bond donors (Lipinski definition) is 0. The largest absolute Gasteiger partial charge is 0.338 e. The average molecular weight is 225 g/mol.